The van der Waals surface area contributed by atoms with Crippen molar-refractivity contribution in [1.82, 2.24) is 9.62 Å². The highest BCUT2D eigenvalue weighted by Crippen LogP contribution is 2.22. The van der Waals surface area contributed by atoms with Crippen LogP contribution >= 0.6 is 0 Å². The van der Waals surface area contributed by atoms with Crippen molar-refractivity contribution in [3.63, 3.8) is 0 Å². The molecule has 2 aromatic rings. The summed E-state index contributed by atoms with van der Waals surface area (Å²) in [5.74, 6) is 1.47. The fourth-order valence-corrected chi connectivity index (χ4v) is 4.73. The number of carbonyl (C=O) groups excluding carboxylic acids is 1. The third-order valence-electron chi connectivity index (χ3n) is 4.88. The first-order valence-corrected chi connectivity index (χ1v) is 11.7. The number of carbonyl (C=O) groups is 1. The minimum atomic E-state index is -3.45. The highest BCUT2D eigenvalue weighted by atomic mass is 32.2. The van der Waals surface area contributed by atoms with Gasteiger partial charge >= 0.3 is 0 Å². The van der Waals surface area contributed by atoms with Crippen LogP contribution in [0.25, 0.3) is 0 Å². The predicted octanol–water partition coefficient (Wildman–Crippen LogP) is 2.44. The van der Waals surface area contributed by atoms with E-state index in [0.29, 0.717) is 36.9 Å². The average molecular weight is 449 g/mol. The lowest BCUT2D eigenvalue weighted by molar-refractivity contribution is -0.123. The Labute approximate surface area is 183 Å². The van der Waals surface area contributed by atoms with Crippen LogP contribution in [0.3, 0.4) is 0 Å². The zero-order chi connectivity index (χ0) is 22.1. The number of amides is 1. The standard InChI is InChI=1S/C22H28N2O6S/c1-28-19-6-5-7-20(16-19)30-17-22(25)23-12-15-29-18-8-10-21(11-9-18)31(26,27)24-13-3-2-4-14-24/h5-11,16H,2-4,12-15,17H2,1H3,(H,23,25). The maximum Gasteiger partial charge on any atom is 0.258 e. The van der Waals surface area contributed by atoms with Crippen LogP contribution in [0.4, 0.5) is 0 Å². The molecular formula is C22H28N2O6S. The van der Waals surface area contributed by atoms with E-state index < -0.39 is 10.0 Å². The molecule has 0 atom stereocenters. The molecule has 1 fully saturated rings. The first kappa shape index (κ1) is 22.9. The number of sulfonamides is 1. The van der Waals surface area contributed by atoms with Gasteiger partial charge in [-0.15, -0.1) is 0 Å². The molecule has 0 saturated carbocycles. The molecule has 0 unspecified atom stereocenters. The summed E-state index contributed by atoms with van der Waals surface area (Å²) in [4.78, 5) is 12.2. The van der Waals surface area contributed by atoms with Gasteiger partial charge in [-0.1, -0.05) is 12.5 Å². The molecule has 168 valence electrons. The summed E-state index contributed by atoms with van der Waals surface area (Å²) in [5, 5.41) is 2.71. The van der Waals surface area contributed by atoms with Crippen LogP contribution in [0.2, 0.25) is 0 Å². The molecule has 0 spiro atoms. The van der Waals surface area contributed by atoms with Gasteiger partial charge in [-0.3, -0.25) is 4.79 Å². The third kappa shape index (κ3) is 6.60. The maximum atomic E-state index is 12.7. The highest BCUT2D eigenvalue weighted by molar-refractivity contribution is 7.89. The predicted molar refractivity (Wildman–Crippen MR) is 116 cm³/mol. The number of rotatable bonds is 10. The van der Waals surface area contributed by atoms with Crippen molar-refractivity contribution in [3.8, 4) is 17.2 Å². The SMILES string of the molecule is COc1cccc(OCC(=O)NCCOc2ccc(S(=O)(=O)N3CCCCC3)cc2)c1. The number of hydrogen-bond donors (Lipinski definition) is 1. The molecule has 1 aliphatic heterocycles. The van der Waals surface area contributed by atoms with Crippen molar-refractivity contribution in [2.45, 2.75) is 24.2 Å². The van der Waals surface area contributed by atoms with Crippen molar-refractivity contribution in [2.24, 2.45) is 0 Å². The monoisotopic (exact) mass is 448 g/mol. The van der Waals surface area contributed by atoms with E-state index in [1.807, 2.05) is 0 Å². The van der Waals surface area contributed by atoms with E-state index in [4.69, 9.17) is 14.2 Å². The van der Waals surface area contributed by atoms with Crippen LogP contribution in [0.15, 0.2) is 53.4 Å². The van der Waals surface area contributed by atoms with Gasteiger partial charge in [0.15, 0.2) is 6.61 Å². The van der Waals surface area contributed by atoms with Crippen molar-refractivity contribution in [2.75, 3.05) is 40.0 Å². The van der Waals surface area contributed by atoms with E-state index in [-0.39, 0.29) is 24.0 Å². The molecule has 0 aliphatic carbocycles. The van der Waals surface area contributed by atoms with Crippen LogP contribution in [-0.2, 0) is 14.8 Å². The van der Waals surface area contributed by atoms with Gasteiger partial charge in [0.1, 0.15) is 23.9 Å². The maximum absolute atomic E-state index is 12.7. The molecule has 0 radical (unpaired) electrons. The van der Waals surface area contributed by atoms with E-state index in [1.54, 1.807) is 55.6 Å². The minimum absolute atomic E-state index is 0.115. The van der Waals surface area contributed by atoms with Gasteiger partial charge in [0, 0.05) is 19.2 Å². The lowest BCUT2D eigenvalue weighted by Crippen LogP contribution is -2.35. The molecule has 3 rings (SSSR count). The zero-order valence-electron chi connectivity index (χ0n) is 17.6. The van der Waals surface area contributed by atoms with Crippen molar-refractivity contribution < 1.29 is 27.4 Å². The van der Waals surface area contributed by atoms with Crippen molar-refractivity contribution in [1.29, 1.82) is 0 Å². The van der Waals surface area contributed by atoms with Crippen LogP contribution in [0, 0.1) is 0 Å². The van der Waals surface area contributed by atoms with E-state index in [1.165, 1.54) is 4.31 Å². The summed E-state index contributed by atoms with van der Waals surface area (Å²) in [5.41, 5.74) is 0. The fourth-order valence-electron chi connectivity index (χ4n) is 3.21. The second-order valence-corrected chi connectivity index (χ2v) is 9.04. The summed E-state index contributed by atoms with van der Waals surface area (Å²) in [6.45, 7) is 1.58. The van der Waals surface area contributed by atoms with Crippen LogP contribution in [0.1, 0.15) is 19.3 Å². The lowest BCUT2D eigenvalue weighted by atomic mass is 10.2. The van der Waals surface area contributed by atoms with Gasteiger partial charge in [-0.2, -0.15) is 4.31 Å². The topological polar surface area (TPSA) is 94.2 Å². The Morgan fingerprint density at radius 2 is 1.68 bits per heavy atom. The lowest BCUT2D eigenvalue weighted by Gasteiger charge is -2.25. The van der Waals surface area contributed by atoms with E-state index in [2.05, 4.69) is 5.32 Å². The Balaban J connectivity index is 1.39. The summed E-state index contributed by atoms with van der Waals surface area (Å²) in [7, 11) is -1.89. The Morgan fingerprint density at radius 3 is 2.39 bits per heavy atom. The number of hydrogen-bond acceptors (Lipinski definition) is 6. The smallest absolute Gasteiger partial charge is 0.258 e. The molecule has 0 bridgehead atoms. The van der Waals surface area contributed by atoms with Gasteiger partial charge in [0.05, 0.1) is 18.6 Å². The fraction of sp³-hybridized carbons (Fsp3) is 0.409. The second-order valence-electron chi connectivity index (χ2n) is 7.10. The Hall–Kier alpha value is -2.78. The summed E-state index contributed by atoms with van der Waals surface area (Å²) >= 11 is 0. The number of nitrogens with one attached hydrogen (secondary N) is 1. The van der Waals surface area contributed by atoms with Crippen LogP contribution in [-0.4, -0.2) is 58.6 Å². The molecule has 1 N–H and O–H groups in total. The second kappa shape index (κ2) is 11.0. The Morgan fingerprint density at radius 1 is 0.968 bits per heavy atom. The molecule has 31 heavy (non-hydrogen) atoms. The van der Waals surface area contributed by atoms with Crippen LogP contribution < -0.4 is 19.5 Å². The summed E-state index contributed by atoms with van der Waals surface area (Å²) < 4.78 is 43.0. The first-order valence-electron chi connectivity index (χ1n) is 10.3. The van der Waals surface area contributed by atoms with Gasteiger partial charge in [-0.25, -0.2) is 8.42 Å². The van der Waals surface area contributed by atoms with Crippen molar-refractivity contribution in [3.05, 3.63) is 48.5 Å². The summed E-state index contributed by atoms with van der Waals surface area (Å²) in [6, 6.07) is 13.4. The molecular weight excluding hydrogens is 420 g/mol. The molecule has 2 aromatic carbocycles. The number of nitrogens with zero attached hydrogens (tertiary/aromatic N) is 1. The quantitative estimate of drug-likeness (QED) is 0.561. The largest absolute Gasteiger partial charge is 0.497 e. The molecule has 1 amide bonds. The van der Waals surface area contributed by atoms with Crippen LogP contribution in [0.5, 0.6) is 17.2 Å². The summed E-state index contributed by atoms with van der Waals surface area (Å²) in [6.07, 6.45) is 2.87. The van der Waals surface area contributed by atoms with Gasteiger partial charge in [0.25, 0.3) is 5.91 Å². The Bertz CT molecular complexity index is 956. The van der Waals surface area contributed by atoms with Crippen molar-refractivity contribution >= 4 is 15.9 Å². The van der Waals surface area contributed by atoms with E-state index in [0.717, 1.165) is 19.3 Å². The first-order chi connectivity index (χ1) is 15.0. The number of piperidine rings is 1. The molecule has 1 heterocycles. The van der Waals surface area contributed by atoms with Gasteiger partial charge < -0.3 is 19.5 Å². The minimum Gasteiger partial charge on any atom is -0.497 e. The number of ether oxygens (including phenoxy) is 3. The molecule has 8 nitrogen and oxygen atoms in total. The Kier molecular flexibility index (Phi) is 8.13. The zero-order valence-corrected chi connectivity index (χ0v) is 18.4. The molecule has 1 saturated heterocycles. The molecule has 1 aliphatic rings. The van der Waals surface area contributed by atoms with E-state index in [9.17, 15) is 13.2 Å². The molecule has 9 heteroatoms. The average Bonchev–Trinajstić information content (AvgIpc) is 2.81. The number of benzene rings is 2. The normalized spacial score (nSPS) is 14.6. The number of methoxy groups -OCH3 is 1. The third-order valence-corrected chi connectivity index (χ3v) is 6.79. The highest BCUT2D eigenvalue weighted by Gasteiger charge is 2.25. The van der Waals surface area contributed by atoms with Gasteiger partial charge in [0.2, 0.25) is 10.0 Å². The van der Waals surface area contributed by atoms with Gasteiger partial charge in [-0.05, 0) is 49.2 Å². The molecule has 0 aromatic heterocycles. The van der Waals surface area contributed by atoms with E-state index >= 15 is 0 Å².